The van der Waals surface area contributed by atoms with E-state index in [0.29, 0.717) is 19.8 Å². The Labute approximate surface area is 142 Å². The van der Waals surface area contributed by atoms with Gasteiger partial charge in [0.25, 0.3) is 0 Å². The Morgan fingerprint density at radius 2 is 2.17 bits per heavy atom. The number of nitrogens with one attached hydrogen (secondary N) is 1. The third-order valence-corrected chi connectivity index (χ3v) is 4.41. The quantitative estimate of drug-likeness (QED) is 0.877. The van der Waals surface area contributed by atoms with E-state index in [9.17, 15) is 0 Å². The lowest BCUT2D eigenvalue weighted by Gasteiger charge is -2.33. The van der Waals surface area contributed by atoms with Crippen LogP contribution in [0.15, 0.2) is 36.7 Å². The van der Waals surface area contributed by atoms with Crippen molar-refractivity contribution in [3.8, 4) is 5.75 Å². The van der Waals surface area contributed by atoms with Crippen LogP contribution in [0.2, 0.25) is 0 Å². The standard InChI is InChI=1S/C18H25N3O3/c1-15-17(20-14-19-15)10-21-8-9-23-12-18(11-21,22-2)13-24-16-6-4-3-5-7-16/h3-7,14H,8-13H2,1-2H3,(H,19,20)/t18-/m0/s1. The second kappa shape index (κ2) is 7.79. The predicted molar refractivity (Wildman–Crippen MR) is 91.1 cm³/mol. The first-order valence-electron chi connectivity index (χ1n) is 8.23. The summed E-state index contributed by atoms with van der Waals surface area (Å²) < 4.78 is 17.6. The molecule has 1 aromatic carbocycles. The fourth-order valence-corrected chi connectivity index (χ4v) is 2.88. The fraction of sp³-hybridized carbons (Fsp3) is 0.500. The number of imidazole rings is 1. The summed E-state index contributed by atoms with van der Waals surface area (Å²) in [5, 5.41) is 0. The van der Waals surface area contributed by atoms with Gasteiger partial charge in [0, 0.05) is 32.4 Å². The van der Waals surface area contributed by atoms with Crippen molar-refractivity contribution in [2.75, 3.05) is 40.0 Å². The number of ether oxygens (including phenoxy) is 3. The molecule has 3 rings (SSSR count). The maximum Gasteiger partial charge on any atom is 0.137 e. The van der Waals surface area contributed by atoms with E-state index in [0.717, 1.165) is 36.8 Å². The zero-order valence-corrected chi connectivity index (χ0v) is 14.3. The van der Waals surface area contributed by atoms with Gasteiger partial charge in [-0.1, -0.05) is 18.2 Å². The summed E-state index contributed by atoms with van der Waals surface area (Å²) >= 11 is 0. The SMILES string of the molecule is CO[C@]1(COc2ccccc2)COCCN(Cc2nc[nH]c2C)C1. The highest BCUT2D eigenvalue weighted by molar-refractivity contribution is 5.21. The molecular weight excluding hydrogens is 306 g/mol. The molecule has 1 fully saturated rings. The smallest absolute Gasteiger partial charge is 0.137 e. The van der Waals surface area contributed by atoms with Crippen LogP contribution in [0.4, 0.5) is 0 Å². The number of hydrogen-bond acceptors (Lipinski definition) is 5. The maximum absolute atomic E-state index is 5.95. The van der Waals surface area contributed by atoms with Crippen molar-refractivity contribution in [1.29, 1.82) is 0 Å². The number of benzene rings is 1. The molecule has 0 saturated carbocycles. The Kier molecular flexibility index (Phi) is 5.50. The molecule has 130 valence electrons. The van der Waals surface area contributed by atoms with Crippen molar-refractivity contribution in [2.45, 2.75) is 19.1 Å². The lowest BCUT2D eigenvalue weighted by atomic mass is 10.1. The molecular formula is C18H25N3O3. The van der Waals surface area contributed by atoms with Crippen molar-refractivity contribution in [3.63, 3.8) is 0 Å². The molecule has 24 heavy (non-hydrogen) atoms. The van der Waals surface area contributed by atoms with Gasteiger partial charge < -0.3 is 19.2 Å². The number of aromatic nitrogens is 2. The third-order valence-electron chi connectivity index (χ3n) is 4.41. The number of aromatic amines is 1. The first-order valence-corrected chi connectivity index (χ1v) is 8.23. The highest BCUT2D eigenvalue weighted by Gasteiger charge is 2.36. The van der Waals surface area contributed by atoms with Gasteiger partial charge in [-0.15, -0.1) is 0 Å². The summed E-state index contributed by atoms with van der Waals surface area (Å²) in [6.45, 7) is 6.05. The fourth-order valence-electron chi connectivity index (χ4n) is 2.88. The van der Waals surface area contributed by atoms with Crippen LogP contribution in [0.3, 0.4) is 0 Å². The molecule has 1 aliphatic rings. The van der Waals surface area contributed by atoms with Crippen molar-refractivity contribution < 1.29 is 14.2 Å². The topological polar surface area (TPSA) is 59.6 Å². The van der Waals surface area contributed by atoms with E-state index in [2.05, 4.69) is 14.9 Å². The average molecular weight is 331 g/mol. The van der Waals surface area contributed by atoms with E-state index >= 15 is 0 Å². The van der Waals surface area contributed by atoms with Crippen LogP contribution in [0.25, 0.3) is 0 Å². The summed E-state index contributed by atoms with van der Waals surface area (Å²) in [6, 6.07) is 9.80. The molecule has 0 spiro atoms. The van der Waals surface area contributed by atoms with Crippen molar-refractivity contribution in [2.24, 2.45) is 0 Å². The minimum atomic E-state index is -0.490. The minimum absolute atomic E-state index is 0.448. The zero-order chi connectivity index (χ0) is 16.8. The van der Waals surface area contributed by atoms with Gasteiger partial charge in [0.2, 0.25) is 0 Å². The van der Waals surface area contributed by atoms with Gasteiger partial charge in [0.05, 0.1) is 25.2 Å². The Hall–Kier alpha value is -1.89. The normalized spacial score (nSPS) is 22.2. The minimum Gasteiger partial charge on any atom is -0.490 e. The van der Waals surface area contributed by atoms with E-state index in [1.54, 1.807) is 13.4 Å². The van der Waals surface area contributed by atoms with Gasteiger partial charge in [0.1, 0.15) is 18.0 Å². The molecule has 6 heteroatoms. The number of aryl methyl sites for hydroxylation is 1. The number of H-pyrrole nitrogens is 1. The molecule has 2 aromatic rings. The molecule has 0 amide bonds. The molecule has 6 nitrogen and oxygen atoms in total. The van der Waals surface area contributed by atoms with Crippen LogP contribution in [0, 0.1) is 6.92 Å². The summed E-state index contributed by atoms with van der Waals surface area (Å²) in [5.41, 5.74) is 1.67. The average Bonchev–Trinajstić information content (AvgIpc) is 2.90. The van der Waals surface area contributed by atoms with Gasteiger partial charge in [-0.05, 0) is 19.1 Å². The van der Waals surface area contributed by atoms with Gasteiger partial charge in [0.15, 0.2) is 0 Å². The van der Waals surface area contributed by atoms with Crippen LogP contribution in [0.5, 0.6) is 5.75 Å². The van der Waals surface area contributed by atoms with E-state index in [4.69, 9.17) is 14.2 Å². The highest BCUT2D eigenvalue weighted by atomic mass is 16.6. The largest absolute Gasteiger partial charge is 0.490 e. The molecule has 1 aliphatic heterocycles. The maximum atomic E-state index is 5.95. The molecule has 1 atom stereocenters. The molecule has 0 aliphatic carbocycles. The van der Waals surface area contributed by atoms with Crippen molar-refractivity contribution in [3.05, 3.63) is 48.0 Å². The van der Waals surface area contributed by atoms with Crippen molar-refractivity contribution >= 4 is 0 Å². The molecule has 1 aromatic heterocycles. The second-order valence-corrected chi connectivity index (χ2v) is 6.23. The third kappa shape index (κ3) is 4.14. The van der Waals surface area contributed by atoms with E-state index in [1.807, 2.05) is 37.3 Å². The van der Waals surface area contributed by atoms with Crippen LogP contribution >= 0.6 is 0 Å². The summed E-state index contributed by atoms with van der Waals surface area (Å²) in [6.07, 6.45) is 1.74. The Morgan fingerprint density at radius 3 is 2.88 bits per heavy atom. The van der Waals surface area contributed by atoms with E-state index in [-0.39, 0.29) is 0 Å². The summed E-state index contributed by atoms with van der Waals surface area (Å²) in [7, 11) is 1.72. The molecule has 0 radical (unpaired) electrons. The Balaban J connectivity index is 1.67. The van der Waals surface area contributed by atoms with Crippen molar-refractivity contribution in [1.82, 2.24) is 14.9 Å². The summed E-state index contributed by atoms with van der Waals surface area (Å²) in [5.74, 6) is 0.841. The Bertz CT molecular complexity index is 631. The molecule has 0 bridgehead atoms. The molecule has 1 saturated heterocycles. The zero-order valence-electron chi connectivity index (χ0n) is 14.3. The number of nitrogens with zero attached hydrogens (tertiary/aromatic N) is 2. The first kappa shape index (κ1) is 17.0. The van der Waals surface area contributed by atoms with Crippen LogP contribution in [0.1, 0.15) is 11.4 Å². The highest BCUT2D eigenvalue weighted by Crippen LogP contribution is 2.21. The van der Waals surface area contributed by atoms with E-state index in [1.165, 1.54) is 0 Å². The van der Waals surface area contributed by atoms with Gasteiger partial charge in [-0.25, -0.2) is 4.98 Å². The van der Waals surface area contributed by atoms with Crippen LogP contribution < -0.4 is 4.74 Å². The molecule has 0 unspecified atom stereocenters. The molecule has 1 N–H and O–H groups in total. The lowest BCUT2D eigenvalue weighted by Crippen LogP contribution is -2.50. The van der Waals surface area contributed by atoms with Crippen LogP contribution in [-0.2, 0) is 16.0 Å². The number of hydrogen-bond donors (Lipinski definition) is 1. The molecule has 2 heterocycles. The van der Waals surface area contributed by atoms with Crippen LogP contribution in [-0.4, -0.2) is 60.5 Å². The predicted octanol–water partition coefficient (Wildman–Crippen LogP) is 2.01. The Morgan fingerprint density at radius 1 is 1.33 bits per heavy atom. The summed E-state index contributed by atoms with van der Waals surface area (Å²) in [4.78, 5) is 9.84. The number of methoxy groups -OCH3 is 1. The van der Waals surface area contributed by atoms with E-state index < -0.39 is 5.60 Å². The number of para-hydroxylation sites is 1. The van der Waals surface area contributed by atoms with Gasteiger partial charge >= 0.3 is 0 Å². The van der Waals surface area contributed by atoms with Gasteiger partial charge in [-0.3, -0.25) is 4.90 Å². The first-order chi connectivity index (χ1) is 11.7. The van der Waals surface area contributed by atoms with Gasteiger partial charge in [-0.2, -0.15) is 0 Å². The monoisotopic (exact) mass is 331 g/mol. The second-order valence-electron chi connectivity index (χ2n) is 6.23. The number of rotatable bonds is 6. The lowest BCUT2D eigenvalue weighted by molar-refractivity contribution is -0.0926.